The molecule has 4 nitrogen and oxygen atoms in total. The molecule has 2 aromatic rings. The number of rotatable bonds is 4. The molecule has 84 valence electrons. The van der Waals surface area contributed by atoms with Crippen molar-refractivity contribution in [1.82, 2.24) is 9.78 Å². The van der Waals surface area contributed by atoms with Crippen molar-refractivity contribution < 1.29 is 4.74 Å². The second-order valence-corrected chi connectivity index (χ2v) is 3.64. The molecule has 1 aromatic carbocycles. The van der Waals surface area contributed by atoms with Crippen LogP contribution in [0.25, 0.3) is 0 Å². The lowest BCUT2D eigenvalue weighted by molar-refractivity contribution is 0.291. The summed E-state index contributed by atoms with van der Waals surface area (Å²) in [5.41, 5.74) is 7.55. The number of aromatic nitrogens is 2. The van der Waals surface area contributed by atoms with Gasteiger partial charge in [-0.15, -0.1) is 0 Å². The number of benzene rings is 1. The van der Waals surface area contributed by atoms with Crippen LogP contribution in [0.15, 0.2) is 36.7 Å². The van der Waals surface area contributed by atoms with Gasteiger partial charge in [-0.05, 0) is 36.8 Å². The molecule has 1 heterocycles. The van der Waals surface area contributed by atoms with E-state index in [4.69, 9.17) is 10.5 Å². The minimum absolute atomic E-state index is 0.602. The Morgan fingerprint density at radius 1 is 1.44 bits per heavy atom. The third-order valence-corrected chi connectivity index (χ3v) is 2.39. The fraction of sp³-hybridized carbons (Fsp3) is 0.250. The van der Waals surface area contributed by atoms with Crippen molar-refractivity contribution in [3.8, 4) is 5.75 Å². The fourth-order valence-electron chi connectivity index (χ4n) is 1.43. The summed E-state index contributed by atoms with van der Waals surface area (Å²) >= 11 is 0. The van der Waals surface area contributed by atoms with Gasteiger partial charge in [0, 0.05) is 18.1 Å². The van der Waals surface area contributed by atoms with Gasteiger partial charge in [-0.2, -0.15) is 5.10 Å². The SMILES string of the molecule is Cc1cc(OCCn2cccn2)ccc1N. The van der Waals surface area contributed by atoms with Crippen LogP contribution >= 0.6 is 0 Å². The maximum Gasteiger partial charge on any atom is 0.119 e. The van der Waals surface area contributed by atoms with Crippen molar-refractivity contribution >= 4 is 5.69 Å². The Kier molecular flexibility index (Phi) is 3.10. The molecule has 1 aromatic heterocycles. The first kappa shape index (κ1) is 10.5. The maximum absolute atomic E-state index is 5.72. The van der Waals surface area contributed by atoms with Gasteiger partial charge in [-0.1, -0.05) is 0 Å². The molecule has 0 aliphatic rings. The summed E-state index contributed by atoms with van der Waals surface area (Å²) in [6.07, 6.45) is 3.67. The van der Waals surface area contributed by atoms with Gasteiger partial charge >= 0.3 is 0 Å². The zero-order valence-electron chi connectivity index (χ0n) is 9.26. The quantitative estimate of drug-likeness (QED) is 0.795. The summed E-state index contributed by atoms with van der Waals surface area (Å²) in [7, 11) is 0. The van der Waals surface area contributed by atoms with E-state index in [1.807, 2.05) is 42.1 Å². The van der Waals surface area contributed by atoms with Crippen molar-refractivity contribution in [2.75, 3.05) is 12.3 Å². The summed E-state index contributed by atoms with van der Waals surface area (Å²) in [6.45, 7) is 3.32. The number of anilines is 1. The highest BCUT2D eigenvalue weighted by molar-refractivity contribution is 5.49. The van der Waals surface area contributed by atoms with E-state index in [1.165, 1.54) is 0 Å². The van der Waals surface area contributed by atoms with E-state index in [2.05, 4.69) is 5.10 Å². The highest BCUT2D eigenvalue weighted by Crippen LogP contribution is 2.18. The highest BCUT2D eigenvalue weighted by Gasteiger charge is 1.98. The Morgan fingerprint density at radius 3 is 3.00 bits per heavy atom. The largest absolute Gasteiger partial charge is 0.492 e. The third kappa shape index (κ3) is 2.53. The zero-order valence-corrected chi connectivity index (χ0v) is 9.26. The third-order valence-electron chi connectivity index (χ3n) is 2.39. The molecule has 0 bridgehead atoms. The van der Waals surface area contributed by atoms with Crippen LogP contribution in [0.2, 0.25) is 0 Å². The van der Waals surface area contributed by atoms with Crippen LogP contribution in [0, 0.1) is 6.92 Å². The Labute approximate surface area is 94.6 Å². The van der Waals surface area contributed by atoms with Crippen molar-refractivity contribution in [2.24, 2.45) is 0 Å². The second kappa shape index (κ2) is 4.70. The number of hydrogen-bond donors (Lipinski definition) is 1. The molecule has 0 saturated carbocycles. The molecule has 0 aliphatic carbocycles. The minimum Gasteiger partial charge on any atom is -0.492 e. The van der Waals surface area contributed by atoms with Crippen molar-refractivity contribution in [3.05, 3.63) is 42.2 Å². The molecule has 0 fully saturated rings. The lowest BCUT2D eigenvalue weighted by Gasteiger charge is -2.08. The number of aryl methyl sites for hydroxylation is 1. The minimum atomic E-state index is 0.602. The summed E-state index contributed by atoms with van der Waals surface area (Å²) in [5.74, 6) is 0.846. The van der Waals surface area contributed by atoms with E-state index in [1.54, 1.807) is 6.20 Å². The van der Waals surface area contributed by atoms with E-state index in [0.717, 1.165) is 23.5 Å². The highest BCUT2D eigenvalue weighted by atomic mass is 16.5. The molecule has 0 unspecified atom stereocenters. The molecule has 16 heavy (non-hydrogen) atoms. The lowest BCUT2D eigenvalue weighted by Crippen LogP contribution is -2.08. The molecular formula is C12H15N3O. The molecule has 2 N–H and O–H groups in total. The molecular weight excluding hydrogens is 202 g/mol. The second-order valence-electron chi connectivity index (χ2n) is 3.64. The Bertz CT molecular complexity index is 451. The fourth-order valence-corrected chi connectivity index (χ4v) is 1.43. The summed E-state index contributed by atoms with van der Waals surface area (Å²) in [5, 5.41) is 4.10. The standard InChI is InChI=1S/C12H15N3O/c1-10-9-11(3-4-12(10)13)16-8-7-15-6-2-5-14-15/h2-6,9H,7-8,13H2,1H3. The maximum atomic E-state index is 5.72. The van der Waals surface area contributed by atoms with E-state index in [0.29, 0.717) is 6.61 Å². The van der Waals surface area contributed by atoms with Crippen molar-refractivity contribution in [2.45, 2.75) is 13.5 Å². The van der Waals surface area contributed by atoms with Crippen molar-refractivity contribution in [3.63, 3.8) is 0 Å². The van der Waals surface area contributed by atoms with Gasteiger partial charge in [0.15, 0.2) is 0 Å². The Morgan fingerprint density at radius 2 is 2.31 bits per heavy atom. The molecule has 0 radical (unpaired) electrons. The predicted octanol–water partition coefficient (Wildman–Crippen LogP) is 1.85. The number of ether oxygens (including phenoxy) is 1. The van der Waals surface area contributed by atoms with Gasteiger partial charge in [0.25, 0.3) is 0 Å². The average molecular weight is 217 g/mol. The molecule has 0 aliphatic heterocycles. The zero-order chi connectivity index (χ0) is 11.4. The molecule has 4 heteroatoms. The number of nitrogen functional groups attached to an aromatic ring is 1. The van der Waals surface area contributed by atoms with E-state index in [9.17, 15) is 0 Å². The lowest BCUT2D eigenvalue weighted by atomic mass is 10.2. The van der Waals surface area contributed by atoms with Crippen LogP contribution in [-0.4, -0.2) is 16.4 Å². The van der Waals surface area contributed by atoms with Crippen LogP contribution in [-0.2, 0) is 6.54 Å². The van der Waals surface area contributed by atoms with Gasteiger partial charge in [-0.3, -0.25) is 4.68 Å². The first-order chi connectivity index (χ1) is 7.75. The van der Waals surface area contributed by atoms with Gasteiger partial charge < -0.3 is 10.5 Å². The first-order valence-corrected chi connectivity index (χ1v) is 5.22. The first-order valence-electron chi connectivity index (χ1n) is 5.22. The summed E-state index contributed by atoms with van der Waals surface area (Å²) in [4.78, 5) is 0. The van der Waals surface area contributed by atoms with Crippen LogP contribution in [0.5, 0.6) is 5.75 Å². The Hall–Kier alpha value is -1.97. The monoisotopic (exact) mass is 217 g/mol. The topological polar surface area (TPSA) is 53.1 Å². The molecule has 0 amide bonds. The predicted molar refractivity (Wildman–Crippen MR) is 63.3 cm³/mol. The number of nitrogens with zero attached hydrogens (tertiary/aromatic N) is 2. The van der Waals surface area contributed by atoms with Gasteiger partial charge in [0.2, 0.25) is 0 Å². The number of nitrogens with two attached hydrogens (primary N) is 1. The Balaban J connectivity index is 1.87. The molecule has 2 rings (SSSR count). The van der Waals surface area contributed by atoms with Gasteiger partial charge in [0.1, 0.15) is 12.4 Å². The molecule has 0 saturated heterocycles. The van der Waals surface area contributed by atoms with Crippen molar-refractivity contribution in [1.29, 1.82) is 0 Å². The van der Waals surface area contributed by atoms with Crippen LogP contribution in [0.1, 0.15) is 5.56 Å². The number of hydrogen-bond acceptors (Lipinski definition) is 3. The van der Waals surface area contributed by atoms with E-state index < -0.39 is 0 Å². The van der Waals surface area contributed by atoms with Crippen LogP contribution in [0.4, 0.5) is 5.69 Å². The normalized spacial score (nSPS) is 10.3. The average Bonchev–Trinajstić information content (AvgIpc) is 2.76. The molecule has 0 spiro atoms. The van der Waals surface area contributed by atoms with Gasteiger partial charge in [0.05, 0.1) is 6.54 Å². The van der Waals surface area contributed by atoms with Crippen LogP contribution in [0.3, 0.4) is 0 Å². The van der Waals surface area contributed by atoms with Gasteiger partial charge in [-0.25, -0.2) is 0 Å². The van der Waals surface area contributed by atoms with E-state index >= 15 is 0 Å². The molecule has 0 atom stereocenters. The summed E-state index contributed by atoms with van der Waals surface area (Å²) in [6, 6.07) is 7.58. The summed E-state index contributed by atoms with van der Waals surface area (Å²) < 4.78 is 7.44. The van der Waals surface area contributed by atoms with Crippen LogP contribution < -0.4 is 10.5 Å². The van der Waals surface area contributed by atoms with E-state index in [-0.39, 0.29) is 0 Å². The smallest absolute Gasteiger partial charge is 0.119 e.